The molecule has 2 atom stereocenters. The fourth-order valence-corrected chi connectivity index (χ4v) is 2.03. The van der Waals surface area contributed by atoms with Gasteiger partial charge < -0.3 is 5.11 Å². The summed E-state index contributed by atoms with van der Waals surface area (Å²) in [4.78, 5) is 14.2. The molecule has 1 heterocycles. The maximum Gasteiger partial charge on any atom is 0.318 e. The molecule has 0 aromatic carbocycles. The Balaban J connectivity index is 3.16. The van der Waals surface area contributed by atoms with Crippen LogP contribution >= 0.6 is 11.8 Å². The van der Waals surface area contributed by atoms with Crippen LogP contribution < -0.4 is 0 Å². The van der Waals surface area contributed by atoms with E-state index in [0.29, 0.717) is 0 Å². The Morgan fingerprint density at radius 1 is 1.65 bits per heavy atom. The van der Waals surface area contributed by atoms with Crippen molar-refractivity contribution in [2.75, 3.05) is 0 Å². The topological polar surface area (TPSA) is 100 Å². The summed E-state index contributed by atoms with van der Waals surface area (Å²) in [6.45, 7) is 3.33. The second kappa shape index (κ2) is 5.61. The lowest BCUT2D eigenvalue weighted by Crippen LogP contribution is -2.15. The van der Waals surface area contributed by atoms with Gasteiger partial charge in [0.1, 0.15) is 11.6 Å². The van der Waals surface area contributed by atoms with Crippen molar-refractivity contribution in [3.63, 3.8) is 0 Å². The summed E-state index contributed by atoms with van der Waals surface area (Å²) in [6, 6.07) is 3.06. The molecule has 0 aliphatic rings. The molecule has 17 heavy (non-hydrogen) atoms. The number of aromatic nitrogens is 1. The number of rotatable bonds is 4. The van der Waals surface area contributed by atoms with Crippen molar-refractivity contribution in [2.24, 2.45) is 0 Å². The summed E-state index contributed by atoms with van der Waals surface area (Å²) in [7, 11) is 0. The first-order valence-electron chi connectivity index (χ1n) is 4.85. The third-order valence-corrected chi connectivity index (χ3v) is 3.46. The Labute approximate surface area is 102 Å². The van der Waals surface area contributed by atoms with Gasteiger partial charge in [-0.15, -0.1) is 0 Å². The Hall–Kier alpha value is -1.65. The summed E-state index contributed by atoms with van der Waals surface area (Å²) in [6.07, 6.45) is 0.731. The molecular formula is C10H11N3O3S. The highest BCUT2D eigenvalue weighted by atomic mass is 32.2. The summed E-state index contributed by atoms with van der Waals surface area (Å²) < 4.78 is 0. The molecule has 0 aliphatic carbocycles. The predicted octanol–water partition coefficient (Wildman–Crippen LogP) is 1.72. The average molecular weight is 253 g/mol. The minimum atomic E-state index is -0.622. The molecule has 0 bridgehead atoms. The SMILES string of the molecule is CC(O)C(C)Sc1nccc(C#N)c1[N+](=O)[O-]. The van der Waals surface area contributed by atoms with Crippen LogP contribution in [-0.2, 0) is 0 Å². The van der Waals surface area contributed by atoms with Crippen LogP contribution in [0.3, 0.4) is 0 Å². The molecule has 2 unspecified atom stereocenters. The van der Waals surface area contributed by atoms with Gasteiger partial charge in [-0.2, -0.15) is 5.26 Å². The van der Waals surface area contributed by atoms with Gasteiger partial charge in [-0.1, -0.05) is 18.7 Å². The maximum absolute atomic E-state index is 10.9. The van der Waals surface area contributed by atoms with Gasteiger partial charge in [-0.25, -0.2) is 4.98 Å². The quantitative estimate of drug-likeness (QED) is 0.498. The van der Waals surface area contributed by atoms with E-state index in [9.17, 15) is 15.2 Å². The van der Waals surface area contributed by atoms with Gasteiger partial charge in [0.2, 0.25) is 0 Å². The number of aliphatic hydroxyl groups is 1. The smallest absolute Gasteiger partial charge is 0.318 e. The van der Waals surface area contributed by atoms with Crippen LogP contribution in [0.4, 0.5) is 5.69 Å². The standard InChI is InChI=1S/C10H11N3O3S/c1-6(14)7(2)17-10-9(13(15)16)8(5-11)3-4-12-10/h3-4,6-7,14H,1-2H3. The number of hydrogen-bond donors (Lipinski definition) is 1. The third kappa shape index (κ3) is 3.15. The van der Waals surface area contributed by atoms with E-state index in [2.05, 4.69) is 4.98 Å². The van der Waals surface area contributed by atoms with Crippen molar-refractivity contribution < 1.29 is 10.0 Å². The molecule has 1 rings (SSSR count). The van der Waals surface area contributed by atoms with E-state index < -0.39 is 11.0 Å². The number of nitriles is 1. The Morgan fingerprint density at radius 3 is 2.76 bits per heavy atom. The predicted molar refractivity (Wildman–Crippen MR) is 62.6 cm³/mol. The van der Waals surface area contributed by atoms with Crippen LogP contribution in [-0.4, -0.2) is 26.4 Å². The zero-order valence-electron chi connectivity index (χ0n) is 9.32. The molecule has 1 N–H and O–H groups in total. The van der Waals surface area contributed by atoms with Crippen LogP contribution in [0.5, 0.6) is 0 Å². The lowest BCUT2D eigenvalue weighted by atomic mass is 10.2. The molecule has 0 spiro atoms. The highest BCUT2D eigenvalue weighted by molar-refractivity contribution is 8.00. The fraction of sp³-hybridized carbons (Fsp3) is 0.400. The van der Waals surface area contributed by atoms with E-state index in [1.165, 1.54) is 12.3 Å². The number of hydrogen-bond acceptors (Lipinski definition) is 6. The zero-order valence-corrected chi connectivity index (χ0v) is 10.1. The molecule has 7 heteroatoms. The van der Waals surface area contributed by atoms with Gasteiger partial charge in [0.25, 0.3) is 0 Å². The van der Waals surface area contributed by atoms with Gasteiger partial charge in [-0.3, -0.25) is 10.1 Å². The lowest BCUT2D eigenvalue weighted by molar-refractivity contribution is -0.388. The van der Waals surface area contributed by atoms with Crippen LogP contribution in [0.2, 0.25) is 0 Å². The van der Waals surface area contributed by atoms with Crippen molar-refractivity contribution in [1.82, 2.24) is 4.98 Å². The molecule has 0 saturated carbocycles. The number of nitrogens with zero attached hydrogens (tertiary/aromatic N) is 3. The van der Waals surface area contributed by atoms with Crippen molar-refractivity contribution in [3.05, 3.63) is 27.9 Å². The zero-order chi connectivity index (χ0) is 13.0. The molecule has 0 saturated heterocycles. The minimum Gasteiger partial charge on any atom is -0.392 e. The number of aliphatic hydroxyl groups excluding tert-OH is 1. The maximum atomic E-state index is 10.9. The Bertz CT molecular complexity index is 470. The van der Waals surface area contributed by atoms with Crippen LogP contribution in [0, 0.1) is 21.4 Å². The molecule has 1 aromatic rings. The summed E-state index contributed by atoms with van der Waals surface area (Å²) in [5, 5.41) is 29.0. The molecule has 0 radical (unpaired) electrons. The lowest BCUT2D eigenvalue weighted by Gasteiger charge is -2.13. The van der Waals surface area contributed by atoms with Gasteiger partial charge in [0.15, 0.2) is 5.03 Å². The van der Waals surface area contributed by atoms with E-state index in [4.69, 9.17) is 5.26 Å². The monoisotopic (exact) mass is 253 g/mol. The fourth-order valence-electron chi connectivity index (χ4n) is 1.06. The molecule has 90 valence electrons. The Morgan fingerprint density at radius 2 is 2.29 bits per heavy atom. The highest BCUT2D eigenvalue weighted by Crippen LogP contribution is 2.33. The van der Waals surface area contributed by atoms with Crippen molar-refractivity contribution in [3.8, 4) is 6.07 Å². The van der Waals surface area contributed by atoms with Gasteiger partial charge in [0.05, 0.1) is 11.0 Å². The van der Waals surface area contributed by atoms with E-state index in [1.54, 1.807) is 19.9 Å². The van der Waals surface area contributed by atoms with Crippen molar-refractivity contribution >= 4 is 17.4 Å². The summed E-state index contributed by atoms with van der Waals surface area (Å²) >= 11 is 1.08. The van der Waals surface area contributed by atoms with E-state index in [1.807, 2.05) is 0 Å². The second-order valence-electron chi connectivity index (χ2n) is 3.44. The highest BCUT2D eigenvalue weighted by Gasteiger charge is 2.24. The largest absolute Gasteiger partial charge is 0.392 e. The van der Waals surface area contributed by atoms with Crippen LogP contribution in [0.25, 0.3) is 0 Å². The first-order chi connectivity index (χ1) is 7.97. The van der Waals surface area contributed by atoms with Crippen molar-refractivity contribution in [1.29, 1.82) is 5.26 Å². The molecule has 6 nitrogen and oxygen atoms in total. The van der Waals surface area contributed by atoms with E-state index >= 15 is 0 Å². The summed E-state index contributed by atoms with van der Waals surface area (Å²) in [5.74, 6) is 0. The summed E-state index contributed by atoms with van der Waals surface area (Å²) in [5.41, 5.74) is -0.321. The van der Waals surface area contributed by atoms with Gasteiger partial charge >= 0.3 is 5.69 Å². The second-order valence-corrected chi connectivity index (χ2v) is 4.81. The number of thioether (sulfide) groups is 1. The molecule has 0 amide bonds. The molecule has 0 fully saturated rings. The Kier molecular flexibility index (Phi) is 4.43. The van der Waals surface area contributed by atoms with E-state index in [-0.39, 0.29) is 21.5 Å². The normalized spacial score (nSPS) is 13.8. The van der Waals surface area contributed by atoms with E-state index in [0.717, 1.165) is 11.8 Å². The molecular weight excluding hydrogens is 242 g/mol. The van der Waals surface area contributed by atoms with Gasteiger partial charge in [-0.05, 0) is 13.0 Å². The first kappa shape index (κ1) is 13.4. The molecule has 1 aromatic heterocycles. The van der Waals surface area contributed by atoms with Crippen LogP contribution in [0.1, 0.15) is 19.4 Å². The average Bonchev–Trinajstić information content (AvgIpc) is 2.27. The van der Waals surface area contributed by atoms with Crippen molar-refractivity contribution in [2.45, 2.75) is 30.2 Å². The van der Waals surface area contributed by atoms with Crippen LogP contribution in [0.15, 0.2) is 17.3 Å². The first-order valence-corrected chi connectivity index (χ1v) is 5.73. The molecule has 0 aliphatic heterocycles. The number of pyridine rings is 1. The third-order valence-electron chi connectivity index (χ3n) is 2.17. The van der Waals surface area contributed by atoms with Gasteiger partial charge in [0, 0.05) is 11.4 Å². The minimum absolute atomic E-state index is 0.0229. The number of nitro groups is 1.